The van der Waals surface area contributed by atoms with Crippen LogP contribution in [0.2, 0.25) is 0 Å². The highest BCUT2D eigenvalue weighted by molar-refractivity contribution is 5.85. The lowest BCUT2D eigenvalue weighted by molar-refractivity contribution is -0.141. The molecule has 0 aromatic heterocycles. The molecule has 0 fully saturated rings. The fourth-order valence-electron chi connectivity index (χ4n) is 5.19. The van der Waals surface area contributed by atoms with E-state index >= 15 is 0 Å². The molecule has 0 aliphatic carbocycles. The quantitative estimate of drug-likeness (QED) is 0.335. The molecule has 35 heavy (non-hydrogen) atoms. The predicted octanol–water partition coefficient (Wildman–Crippen LogP) is 9.73. The number of ether oxygens (including phenoxy) is 1. The summed E-state index contributed by atoms with van der Waals surface area (Å²) in [7, 11) is 1.54. The van der Waals surface area contributed by atoms with Crippen LogP contribution in [0.15, 0.2) is 24.3 Å². The number of methoxy groups -OCH3 is 1. The van der Waals surface area contributed by atoms with Crippen molar-refractivity contribution in [3.8, 4) is 0 Å². The summed E-state index contributed by atoms with van der Waals surface area (Å²) in [4.78, 5) is 13.8. The molecule has 0 atom stereocenters. The first-order chi connectivity index (χ1) is 16.2. The number of carbonyl (C=O) groups excluding carboxylic acids is 1. The summed E-state index contributed by atoms with van der Waals surface area (Å²) in [5.74, 6) is 1.46. The molecule has 0 saturated carbocycles. The van der Waals surface area contributed by atoms with Gasteiger partial charge in [0.15, 0.2) is 0 Å². The van der Waals surface area contributed by atoms with Gasteiger partial charge in [0, 0.05) is 0 Å². The Bertz CT molecular complexity index is 888. The molecule has 0 bridgehead atoms. The van der Waals surface area contributed by atoms with Crippen molar-refractivity contribution in [2.24, 2.45) is 0 Å². The smallest absolute Gasteiger partial charge is 0.317 e. The monoisotopic (exact) mass is 478 g/mol. The average Bonchev–Trinajstić information content (AvgIpc) is 2.77. The summed E-state index contributed by atoms with van der Waals surface area (Å²) in [5, 5.41) is 0. The largest absolute Gasteiger partial charge is 0.468 e. The van der Waals surface area contributed by atoms with Crippen molar-refractivity contribution >= 4 is 5.97 Å². The van der Waals surface area contributed by atoms with E-state index in [-0.39, 0.29) is 5.97 Å². The van der Waals surface area contributed by atoms with E-state index in [1.807, 2.05) is 0 Å². The van der Waals surface area contributed by atoms with Crippen LogP contribution in [-0.4, -0.2) is 13.1 Å². The minimum atomic E-state index is -0.438. The normalized spacial score (nSPS) is 12.3. The van der Waals surface area contributed by atoms with Crippen LogP contribution in [-0.2, 0) is 9.53 Å². The fourth-order valence-corrected chi connectivity index (χ4v) is 5.19. The molecule has 0 unspecified atom stereocenters. The SMILES string of the molecule is COC(=O)C(c1c(C(C)C)cc(C(C)C)cc1C(C)C)c1c(C(C)C)cc(C(C)C)cc1C(C)C. The zero-order valence-corrected chi connectivity index (χ0v) is 24.7. The highest BCUT2D eigenvalue weighted by Gasteiger charge is 2.35. The van der Waals surface area contributed by atoms with Gasteiger partial charge in [-0.1, -0.05) is 107 Å². The molecule has 0 spiro atoms. The van der Waals surface area contributed by atoms with Gasteiger partial charge in [0.05, 0.1) is 7.11 Å². The maximum atomic E-state index is 13.8. The van der Waals surface area contributed by atoms with E-state index in [0.717, 1.165) is 11.1 Å². The Hall–Kier alpha value is -2.09. The van der Waals surface area contributed by atoms with Crippen molar-refractivity contribution < 1.29 is 9.53 Å². The molecule has 0 aliphatic heterocycles. The lowest BCUT2D eigenvalue weighted by atomic mass is 9.72. The topological polar surface area (TPSA) is 26.3 Å². The van der Waals surface area contributed by atoms with Gasteiger partial charge in [-0.3, -0.25) is 4.79 Å². The van der Waals surface area contributed by atoms with Crippen LogP contribution < -0.4 is 0 Å². The second-order valence-electron chi connectivity index (χ2n) is 12.1. The van der Waals surface area contributed by atoms with Crippen LogP contribution in [0.25, 0.3) is 0 Å². The maximum Gasteiger partial charge on any atom is 0.317 e. The van der Waals surface area contributed by atoms with E-state index in [1.165, 1.54) is 40.5 Å². The van der Waals surface area contributed by atoms with Gasteiger partial charge in [0.1, 0.15) is 5.92 Å². The first-order valence-electron chi connectivity index (χ1n) is 13.7. The number of hydrogen-bond donors (Lipinski definition) is 0. The zero-order chi connectivity index (χ0) is 26.8. The highest BCUT2D eigenvalue weighted by atomic mass is 16.5. The van der Waals surface area contributed by atoms with Crippen molar-refractivity contribution in [3.63, 3.8) is 0 Å². The third kappa shape index (κ3) is 6.19. The van der Waals surface area contributed by atoms with Crippen molar-refractivity contribution in [3.05, 3.63) is 68.8 Å². The minimum Gasteiger partial charge on any atom is -0.468 e. The van der Waals surface area contributed by atoms with Crippen LogP contribution in [0.5, 0.6) is 0 Å². The zero-order valence-electron chi connectivity index (χ0n) is 24.7. The van der Waals surface area contributed by atoms with Crippen LogP contribution in [0.4, 0.5) is 0 Å². The Morgan fingerprint density at radius 1 is 0.514 bits per heavy atom. The van der Waals surface area contributed by atoms with Crippen molar-refractivity contribution in [2.45, 2.75) is 125 Å². The van der Waals surface area contributed by atoms with Gasteiger partial charge in [-0.25, -0.2) is 0 Å². The summed E-state index contributed by atoms with van der Waals surface area (Å²) in [6, 6.07) is 9.39. The number of esters is 1. The van der Waals surface area contributed by atoms with Crippen molar-refractivity contribution in [2.75, 3.05) is 7.11 Å². The molecule has 0 saturated heterocycles. The Labute approximate surface area is 215 Å². The summed E-state index contributed by atoms with van der Waals surface area (Å²) < 4.78 is 5.58. The molecule has 0 N–H and O–H groups in total. The number of rotatable bonds is 9. The first-order valence-corrected chi connectivity index (χ1v) is 13.7. The van der Waals surface area contributed by atoms with Gasteiger partial charge < -0.3 is 4.74 Å². The third-order valence-electron chi connectivity index (χ3n) is 7.37. The van der Waals surface area contributed by atoms with Crippen molar-refractivity contribution in [1.82, 2.24) is 0 Å². The molecule has 0 heterocycles. The molecule has 2 nitrogen and oxygen atoms in total. The highest BCUT2D eigenvalue weighted by Crippen LogP contribution is 2.45. The Kier molecular flexibility index (Phi) is 9.79. The van der Waals surface area contributed by atoms with Gasteiger partial charge >= 0.3 is 5.97 Å². The molecule has 2 aromatic carbocycles. The Morgan fingerprint density at radius 3 is 0.943 bits per heavy atom. The van der Waals surface area contributed by atoms with E-state index in [1.54, 1.807) is 0 Å². The average molecular weight is 479 g/mol. The van der Waals surface area contributed by atoms with E-state index < -0.39 is 5.92 Å². The molecule has 2 heteroatoms. The maximum absolute atomic E-state index is 13.8. The van der Waals surface area contributed by atoms with E-state index in [0.29, 0.717) is 35.5 Å². The second-order valence-corrected chi connectivity index (χ2v) is 12.1. The number of benzene rings is 2. The van der Waals surface area contributed by atoms with E-state index in [9.17, 15) is 4.79 Å². The van der Waals surface area contributed by atoms with Gasteiger partial charge in [-0.2, -0.15) is 0 Å². The Balaban J connectivity index is 3.14. The lowest BCUT2D eigenvalue weighted by Crippen LogP contribution is -2.24. The Morgan fingerprint density at radius 2 is 0.771 bits per heavy atom. The van der Waals surface area contributed by atoms with Crippen LogP contribution >= 0.6 is 0 Å². The van der Waals surface area contributed by atoms with Crippen LogP contribution in [0.1, 0.15) is 169 Å². The first kappa shape index (κ1) is 29.1. The molecule has 0 amide bonds. The molecule has 2 rings (SSSR count). The van der Waals surface area contributed by atoms with Crippen LogP contribution in [0.3, 0.4) is 0 Å². The summed E-state index contributed by atoms with van der Waals surface area (Å²) in [5.41, 5.74) is 10.1. The van der Waals surface area contributed by atoms with Gasteiger partial charge in [0.25, 0.3) is 0 Å². The van der Waals surface area contributed by atoms with Gasteiger partial charge in [-0.05, 0) is 80.0 Å². The molecule has 0 aliphatic rings. The van der Waals surface area contributed by atoms with Crippen LogP contribution in [0, 0.1) is 0 Å². The summed E-state index contributed by atoms with van der Waals surface area (Å²) in [6.45, 7) is 27.0. The second kappa shape index (κ2) is 11.8. The fraction of sp³-hybridized carbons (Fsp3) is 0.606. The number of hydrogen-bond acceptors (Lipinski definition) is 2. The van der Waals surface area contributed by atoms with Gasteiger partial charge in [-0.15, -0.1) is 0 Å². The summed E-state index contributed by atoms with van der Waals surface area (Å²) >= 11 is 0. The molecule has 2 aromatic rings. The number of carbonyl (C=O) groups is 1. The van der Waals surface area contributed by atoms with Gasteiger partial charge in [0.2, 0.25) is 0 Å². The van der Waals surface area contributed by atoms with E-state index in [4.69, 9.17) is 4.74 Å². The summed E-state index contributed by atoms with van der Waals surface area (Å²) in [6.07, 6.45) is 0. The van der Waals surface area contributed by atoms with E-state index in [2.05, 4.69) is 107 Å². The molecule has 194 valence electrons. The molecular weight excluding hydrogens is 428 g/mol. The lowest BCUT2D eigenvalue weighted by Gasteiger charge is -2.32. The molecular formula is C33H50O2. The standard InChI is InChI=1S/C33H50O2/c1-18(2)24-14-26(20(5)6)30(27(15-24)21(7)8)32(33(34)35-13)31-28(22(9)10)16-25(19(3)4)17-29(31)23(11)12/h14-23,32H,1-13H3. The third-order valence-corrected chi connectivity index (χ3v) is 7.37. The van der Waals surface area contributed by atoms with Crippen molar-refractivity contribution in [1.29, 1.82) is 0 Å². The predicted molar refractivity (Wildman–Crippen MR) is 151 cm³/mol. The molecule has 0 radical (unpaired) electrons. The minimum absolute atomic E-state index is 0.160.